The number of hydrogen-bond donors (Lipinski definition) is 0. The third-order valence-electron chi connectivity index (χ3n) is 8.20. The monoisotopic (exact) mass is 606 g/mol. The van der Waals surface area contributed by atoms with Gasteiger partial charge in [0.05, 0.1) is 18.8 Å². The summed E-state index contributed by atoms with van der Waals surface area (Å²) in [6.07, 6.45) is 5.75. The molecule has 0 nitrogen and oxygen atoms in total. The number of allylic oxidation sites excluding steroid dienone is 4. The van der Waals surface area contributed by atoms with Crippen molar-refractivity contribution >= 4 is 121 Å². The molecule has 0 fully saturated rings. The van der Waals surface area contributed by atoms with E-state index in [1.165, 1.54) is 86.6 Å². The zero-order valence-corrected chi connectivity index (χ0v) is 25.7. The maximum atomic E-state index is 3.99. The van der Waals surface area contributed by atoms with Crippen molar-refractivity contribution in [2.75, 3.05) is 0 Å². The Labute approximate surface area is 258 Å². The second-order valence-corrected chi connectivity index (χ2v) is 14.8. The van der Waals surface area contributed by atoms with E-state index in [1.807, 2.05) is 63.6 Å². The molecule has 198 valence electrons. The second-order valence-electron chi connectivity index (χ2n) is 10.6. The molecule has 0 unspecified atom stereocenters. The van der Waals surface area contributed by atoms with Crippen molar-refractivity contribution in [2.45, 2.75) is 0 Å². The Balaban J connectivity index is 1.21. The van der Waals surface area contributed by atoms with E-state index in [1.54, 1.807) is 0 Å². The van der Waals surface area contributed by atoms with Gasteiger partial charge in [-0.05, 0) is 69.4 Å². The Morgan fingerprint density at radius 2 is 1.05 bits per heavy atom. The van der Waals surface area contributed by atoms with Gasteiger partial charge in [-0.3, -0.25) is 0 Å². The molecule has 0 aliphatic rings. The minimum atomic E-state index is 1.10. The van der Waals surface area contributed by atoms with Gasteiger partial charge < -0.3 is 0 Å². The van der Waals surface area contributed by atoms with Crippen LogP contribution in [0.4, 0.5) is 0 Å². The lowest BCUT2D eigenvalue weighted by atomic mass is 10.0. The summed E-state index contributed by atoms with van der Waals surface area (Å²) < 4.78 is 11.0. The Kier molecular flexibility index (Phi) is 5.38. The molecule has 0 N–H and O–H groups in total. The van der Waals surface area contributed by atoms with Crippen molar-refractivity contribution in [1.82, 2.24) is 0 Å². The van der Waals surface area contributed by atoms with E-state index in [4.69, 9.17) is 0 Å². The molecule has 4 heteroatoms. The van der Waals surface area contributed by atoms with Gasteiger partial charge in [0.1, 0.15) is 0 Å². The number of rotatable bonds is 4. The van der Waals surface area contributed by atoms with Gasteiger partial charge in [0.25, 0.3) is 0 Å². The van der Waals surface area contributed by atoms with E-state index in [2.05, 4.69) is 104 Å². The Morgan fingerprint density at radius 1 is 0.500 bits per heavy atom. The standard InChI is InChI=1S/C38H22S4/c1-3-8-21(4-2)23-11-13-27-31(17-23)39-37-29-15-25-20-34-30(16-26(25)19-33(29)41-35(27)37)38-36(42-34)28-14-12-24(18-32(28)40-38)22-9-6-5-7-10-22/h3-20H,1-2H2/b21-8+. The first-order valence-corrected chi connectivity index (χ1v) is 17.1. The van der Waals surface area contributed by atoms with Gasteiger partial charge >= 0.3 is 0 Å². The van der Waals surface area contributed by atoms with Gasteiger partial charge in [-0.2, -0.15) is 0 Å². The summed E-state index contributed by atoms with van der Waals surface area (Å²) in [5.74, 6) is 0. The molecule has 0 aliphatic carbocycles. The fourth-order valence-electron chi connectivity index (χ4n) is 6.15. The van der Waals surface area contributed by atoms with Gasteiger partial charge in [0.2, 0.25) is 0 Å². The van der Waals surface area contributed by atoms with Crippen molar-refractivity contribution in [3.63, 3.8) is 0 Å². The maximum absolute atomic E-state index is 3.99. The van der Waals surface area contributed by atoms with Crippen molar-refractivity contribution in [2.24, 2.45) is 0 Å². The van der Waals surface area contributed by atoms with E-state index in [0.29, 0.717) is 0 Å². The van der Waals surface area contributed by atoms with Crippen LogP contribution in [-0.2, 0) is 0 Å². The molecular formula is C38H22S4. The predicted molar refractivity (Wildman–Crippen MR) is 194 cm³/mol. The second kappa shape index (κ2) is 9.22. The predicted octanol–water partition coefficient (Wildman–Crippen LogP) is 13.4. The van der Waals surface area contributed by atoms with Gasteiger partial charge in [0, 0.05) is 40.3 Å². The summed E-state index contributed by atoms with van der Waals surface area (Å²) in [6.45, 7) is 7.85. The van der Waals surface area contributed by atoms with Gasteiger partial charge in [-0.15, -0.1) is 45.3 Å². The van der Waals surface area contributed by atoms with E-state index >= 15 is 0 Å². The van der Waals surface area contributed by atoms with Gasteiger partial charge in [-0.25, -0.2) is 0 Å². The molecular weight excluding hydrogens is 585 g/mol. The molecule has 9 aromatic rings. The summed E-state index contributed by atoms with van der Waals surface area (Å²) in [4.78, 5) is 0. The lowest BCUT2D eigenvalue weighted by Gasteiger charge is -2.02. The van der Waals surface area contributed by atoms with Crippen LogP contribution >= 0.6 is 45.3 Å². The molecule has 4 aromatic heterocycles. The van der Waals surface area contributed by atoms with Crippen molar-refractivity contribution in [3.8, 4) is 11.1 Å². The minimum absolute atomic E-state index is 1.10. The summed E-state index contributed by atoms with van der Waals surface area (Å²) in [5, 5.41) is 8.10. The fraction of sp³-hybridized carbons (Fsp3) is 0. The van der Waals surface area contributed by atoms with Crippen LogP contribution in [0.3, 0.4) is 0 Å². The molecule has 9 rings (SSSR count). The van der Waals surface area contributed by atoms with E-state index in [0.717, 1.165) is 5.57 Å². The zero-order chi connectivity index (χ0) is 27.9. The first-order valence-electron chi connectivity index (χ1n) is 13.8. The molecule has 0 spiro atoms. The van der Waals surface area contributed by atoms with Gasteiger partial charge in [-0.1, -0.05) is 86.0 Å². The highest BCUT2D eigenvalue weighted by atomic mass is 32.1. The Morgan fingerprint density at radius 3 is 1.64 bits per heavy atom. The number of thiophene rings is 4. The molecule has 42 heavy (non-hydrogen) atoms. The smallest absolute Gasteiger partial charge is 0.0542 e. The highest BCUT2D eigenvalue weighted by Gasteiger charge is 2.17. The molecule has 0 saturated carbocycles. The van der Waals surface area contributed by atoms with Crippen molar-refractivity contribution in [1.29, 1.82) is 0 Å². The molecule has 0 aliphatic heterocycles. The lowest BCUT2D eigenvalue weighted by Crippen LogP contribution is -1.79. The summed E-state index contributed by atoms with van der Waals surface area (Å²) >= 11 is 7.69. The quantitative estimate of drug-likeness (QED) is 0.175. The topological polar surface area (TPSA) is 0 Å². The fourth-order valence-corrected chi connectivity index (χ4v) is 11.6. The number of fused-ring (bicyclic) bond motifs is 11. The lowest BCUT2D eigenvalue weighted by molar-refractivity contribution is 1.66. The normalized spacial score (nSPS) is 12.6. The van der Waals surface area contributed by atoms with E-state index in [9.17, 15) is 0 Å². The van der Waals surface area contributed by atoms with E-state index < -0.39 is 0 Å². The molecule has 0 bridgehead atoms. The summed E-state index contributed by atoms with van der Waals surface area (Å²) in [5.41, 5.74) is 4.84. The van der Waals surface area contributed by atoms with Gasteiger partial charge in [0.15, 0.2) is 0 Å². The van der Waals surface area contributed by atoms with Crippen LogP contribution in [0.15, 0.2) is 122 Å². The van der Waals surface area contributed by atoms with Crippen LogP contribution in [0, 0.1) is 0 Å². The first kappa shape index (κ1) is 24.5. The molecule has 0 saturated heterocycles. The molecule has 0 radical (unpaired) electrons. The minimum Gasteiger partial charge on any atom is -0.134 e. The van der Waals surface area contributed by atoms with Crippen LogP contribution < -0.4 is 0 Å². The van der Waals surface area contributed by atoms with Crippen LogP contribution in [0.2, 0.25) is 0 Å². The van der Waals surface area contributed by atoms with Crippen LogP contribution in [0.1, 0.15) is 5.56 Å². The highest BCUT2D eigenvalue weighted by Crippen LogP contribution is 2.49. The molecule has 0 atom stereocenters. The third-order valence-corrected chi connectivity index (χ3v) is 13.2. The summed E-state index contributed by atoms with van der Waals surface area (Å²) in [6, 6.07) is 34.1. The van der Waals surface area contributed by atoms with E-state index in [-0.39, 0.29) is 0 Å². The SMILES string of the molecule is C=C/C=C(\C=C)c1ccc2c(c1)sc1c3cc4cc5sc6c7ccc(-c8ccccc8)cc7sc6c5cc4cc3sc21. The summed E-state index contributed by atoms with van der Waals surface area (Å²) in [7, 11) is 0. The first-order chi connectivity index (χ1) is 20.7. The highest BCUT2D eigenvalue weighted by molar-refractivity contribution is 7.37. The van der Waals surface area contributed by atoms with Crippen LogP contribution in [-0.4, -0.2) is 0 Å². The molecule has 4 heterocycles. The largest absolute Gasteiger partial charge is 0.134 e. The van der Waals surface area contributed by atoms with Crippen molar-refractivity contribution < 1.29 is 0 Å². The Bertz CT molecular complexity index is 2600. The van der Waals surface area contributed by atoms with Crippen molar-refractivity contribution in [3.05, 3.63) is 128 Å². The maximum Gasteiger partial charge on any atom is 0.0542 e. The third kappa shape index (κ3) is 3.56. The zero-order valence-electron chi connectivity index (χ0n) is 22.4. The number of hydrogen-bond acceptors (Lipinski definition) is 4. The molecule has 5 aromatic carbocycles. The average molecular weight is 607 g/mol. The average Bonchev–Trinajstić information content (AvgIpc) is 3.75. The van der Waals surface area contributed by atoms with Crippen LogP contribution in [0.25, 0.3) is 86.6 Å². The number of benzene rings is 5. The van der Waals surface area contributed by atoms with Crippen LogP contribution in [0.5, 0.6) is 0 Å². The molecule has 0 amide bonds. The Hall–Kier alpha value is -4.06.